The molecule has 5 heteroatoms. The molecule has 3 nitrogen and oxygen atoms in total. The van der Waals surface area contributed by atoms with E-state index in [9.17, 15) is 14.5 Å². The first-order valence-electron chi connectivity index (χ1n) is 3.70. The van der Waals surface area contributed by atoms with Gasteiger partial charge in [-0.05, 0) is 12.1 Å². The van der Waals surface area contributed by atoms with Crippen molar-refractivity contribution in [3.8, 4) is 0 Å². The summed E-state index contributed by atoms with van der Waals surface area (Å²) in [7, 11) is 0. The number of benzene rings is 1. The Hall–Kier alpha value is -0.970. The molecular formula is C8H9BrFNO2. The number of hydrogen-bond acceptors (Lipinski definition) is 2. The fourth-order valence-electron chi connectivity index (χ4n) is 0.629. The van der Waals surface area contributed by atoms with Crippen molar-refractivity contribution >= 4 is 21.6 Å². The number of rotatable bonds is 1. The summed E-state index contributed by atoms with van der Waals surface area (Å²) in [6.07, 6.45) is 0. The second-order valence-electron chi connectivity index (χ2n) is 1.85. The van der Waals surface area contributed by atoms with Crippen LogP contribution in [0.1, 0.15) is 13.8 Å². The van der Waals surface area contributed by atoms with Gasteiger partial charge in [0, 0.05) is 10.5 Å². The van der Waals surface area contributed by atoms with Gasteiger partial charge >= 0.3 is 5.69 Å². The Balaban J connectivity index is 0.000000671. The van der Waals surface area contributed by atoms with Crippen molar-refractivity contribution in [1.29, 1.82) is 0 Å². The molecule has 13 heavy (non-hydrogen) atoms. The van der Waals surface area contributed by atoms with E-state index in [0.29, 0.717) is 4.47 Å². The molecule has 0 aromatic heterocycles. The van der Waals surface area contributed by atoms with Crippen LogP contribution in [0.4, 0.5) is 10.1 Å². The summed E-state index contributed by atoms with van der Waals surface area (Å²) in [4.78, 5) is 9.32. The highest BCUT2D eigenvalue weighted by Gasteiger charge is 2.12. The molecule has 0 unspecified atom stereocenters. The van der Waals surface area contributed by atoms with Crippen LogP contribution < -0.4 is 0 Å². The smallest absolute Gasteiger partial charge is 0.258 e. The van der Waals surface area contributed by atoms with Crippen molar-refractivity contribution in [3.05, 3.63) is 38.6 Å². The van der Waals surface area contributed by atoms with Crippen LogP contribution in [0.25, 0.3) is 0 Å². The topological polar surface area (TPSA) is 43.1 Å². The zero-order chi connectivity index (χ0) is 10.4. The van der Waals surface area contributed by atoms with E-state index in [1.165, 1.54) is 6.07 Å². The Morgan fingerprint density at radius 3 is 2.38 bits per heavy atom. The molecule has 0 atom stereocenters. The maximum absolute atomic E-state index is 12.6. The first-order valence-corrected chi connectivity index (χ1v) is 4.50. The monoisotopic (exact) mass is 249 g/mol. The average molecular weight is 250 g/mol. The first kappa shape index (κ1) is 12.0. The minimum atomic E-state index is -0.829. The number of hydrogen-bond donors (Lipinski definition) is 0. The van der Waals surface area contributed by atoms with Crippen molar-refractivity contribution in [1.82, 2.24) is 0 Å². The predicted molar refractivity (Wildman–Crippen MR) is 52.1 cm³/mol. The third-order valence-electron chi connectivity index (χ3n) is 1.11. The molecule has 0 saturated heterocycles. The summed E-state index contributed by atoms with van der Waals surface area (Å²) in [5, 5.41) is 10.1. The van der Waals surface area contributed by atoms with Crippen molar-refractivity contribution in [2.45, 2.75) is 13.8 Å². The highest BCUT2D eigenvalue weighted by atomic mass is 79.9. The van der Waals surface area contributed by atoms with Crippen LogP contribution in [0.3, 0.4) is 0 Å². The second kappa shape index (κ2) is 5.64. The van der Waals surface area contributed by atoms with E-state index in [-0.39, 0.29) is 0 Å². The minimum absolute atomic E-state index is 0.487. The Morgan fingerprint density at radius 1 is 1.46 bits per heavy atom. The molecule has 0 saturated carbocycles. The summed E-state index contributed by atoms with van der Waals surface area (Å²) in [5.74, 6) is -0.829. The number of nitro groups is 1. The van der Waals surface area contributed by atoms with Gasteiger partial charge in [0.25, 0.3) is 0 Å². The molecule has 0 bridgehead atoms. The average Bonchev–Trinajstić information content (AvgIpc) is 2.07. The molecule has 72 valence electrons. The molecule has 1 rings (SSSR count). The van der Waals surface area contributed by atoms with E-state index in [1.54, 1.807) is 0 Å². The van der Waals surface area contributed by atoms with Gasteiger partial charge in [-0.2, -0.15) is 4.39 Å². The maximum atomic E-state index is 12.6. The molecule has 0 N–H and O–H groups in total. The number of halogens is 2. The minimum Gasteiger partial charge on any atom is -0.258 e. The second-order valence-corrected chi connectivity index (χ2v) is 2.77. The van der Waals surface area contributed by atoms with Gasteiger partial charge in [-0.3, -0.25) is 10.1 Å². The summed E-state index contributed by atoms with van der Waals surface area (Å²) in [5.41, 5.74) is -0.506. The molecule has 0 radical (unpaired) electrons. The maximum Gasteiger partial charge on any atom is 0.304 e. The molecule has 0 aliphatic heterocycles. The van der Waals surface area contributed by atoms with Crippen LogP contribution in [-0.4, -0.2) is 4.92 Å². The Morgan fingerprint density at radius 2 is 2.00 bits per heavy atom. The van der Waals surface area contributed by atoms with Crippen LogP contribution in [0.15, 0.2) is 22.7 Å². The molecule has 0 amide bonds. The van der Waals surface area contributed by atoms with E-state index >= 15 is 0 Å². The fourth-order valence-corrected chi connectivity index (χ4v) is 0.962. The van der Waals surface area contributed by atoms with E-state index < -0.39 is 16.4 Å². The molecule has 1 aromatic carbocycles. The van der Waals surface area contributed by atoms with E-state index in [4.69, 9.17) is 0 Å². The standard InChI is InChI=1S/C6H3BrFNO2.C2H6/c7-4-1-2-6(9(10)11)5(8)3-4;1-2/h1-3H;1-2H3. The normalized spacial score (nSPS) is 8.62. The van der Waals surface area contributed by atoms with Crippen molar-refractivity contribution < 1.29 is 9.31 Å². The van der Waals surface area contributed by atoms with Crippen LogP contribution in [0.2, 0.25) is 0 Å². The largest absolute Gasteiger partial charge is 0.304 e. The van der Waals surface area contributed by atoms with Gasteiger partial charge < -0.3 is 0 Å². The summed E-state index contributed by atoms with van der Waals surface area (Å²) < 4.78 is 13.1. The number of nitrogens with zero attached hydrogens (tertiary/aromatic N) is 1. The fraction of sp³-hybridized carbons (Fsp3) is 0.250. The van der Waals surface area contributed by atoms with E-state index in [1.807, 2.05) is 13.8 Å². The Labute approximate surface area is 83.9 Å². The Bertz CT molecular complexity index is 304. The van der Waals surface area contributed by atoms with Crippen molar-refractivity contribution in [3.63, 3.8) is 0 Å². The lowest BCUT2D eigenvalue weighted by atomic mass is 10.3. The molecule has 0 fully saturated rings. The van der Waals surface area contributed by atoms with E-state index in [0.717, 1.165) is 12.1 Å². The molecular weight excluding hydrogens is 241 g/mol. The lowest BCUT2D eigenvalue weighted by molar-refractivity contribution is -0.387. The summed E-state index contributed by atoms with van der Waals surface area (Å²) in [6, 6.07) is 3.58. The molecule has 0 heterocycles. The van der Waals surface area contributed by atoms with Crippen LogP contribution in [0, 0.1) is 15.9 Å². The van der Waals surface area contributed by atoms with Gasteiger partial charge in [-0.1, -0.05) is 29.8 Å². The van der Waals surface area contributed by atoms with Gasteiger partial charge in [0.15, 0.2) is 0 Å². The number of nitro benzene ring substituents is 1. The van der Waals surface area contributed by atoms with Crippen LogP contribution in [0.5, 0.6) is 0 Å². The summed E-state index contributed by atoms with van der Waals surface area (Å²) >= 11 is 2.98. The van der Waals surface area contributed by atoms with Crippen LogP contribution >= 0.6 is 15.9 Å². The highest BCUT2D eigenvalue weighted by Crippen LogP contribution is 2.20. The molecule has 1 aromatic rings. The van der Waals surface area contributed by atoms with Crippen LogP contribution in [-0.2, 0) is 0 Å². The van der Waals surface area contributed by atoms with Gasteiger partial charge in [0.2, 0.25) is 5.82 Å². The van der Waals surface area contributed by atoms with Gasteiger partial charge in [0.1, 0.15) is 0 Å². The summed E-state index contributed by atoms with van der Waals surface area (Å²) in [6.45, 7) is 4.00. The third-order valence-corrected chi connectivity index (χ3v) is 1.60. The first-order chi connectivity index (χ1) is 6.11. The quantitative estimate of drug-likeness (QED) is 0.565. The van der Waals surface area contributed by atoms with Gasteiger partial charge in [-0.15, -0.1) is 0 Å². The third kappa shape index (κ3) is 3.50. The molecule has 0 aliphatic rings. The highest BCUT2D eigenvalue weighted by molar-refractivity contribution is 9.10. The van der Waals surface area contributed by atoms with Crippen molar-refractivity contribution in [2.24, 2.45) is 0 Å². The lowest BCUT2D eigenvalue weighted by Crippen LogP contribution is -1.91. The zero-order valence-electron chi connectivity index (χ0n) is 7.25. The van der Waals surface area contributed by atoms with Crippen molar-refractivity contribution in [2.75, 3.05) is 0 Å². The molecule has 0 spiro atoms. The predicted octanol–water partition coefficient (Wildman–Crippen LogP) is 3.52. The zero-order valence-corrected chi connectivity index (χ0v) is 8.84. The SMILES string of the molecule is CC.O=[N+]([O-])c1ccc(Br)cc1F. The lowest BCUT2D eigenvalue weighted by Gasteiger charge is -1.92. The molecule has 0 aliphatic carbocycles. The van der Waals surface area contributed by atoms with E-state index in [2.05, 4.69) is 15.9 Å². The Kier molecular flexibility index (Phi) is 5.22. The van der Waals surface area contributed by atoms with Gasteiger partial charge in [0.05, 0.1) is 4.92 Å². The van der Waals surface area contributed by atoms with Gasteiger partial charge in [-0.25, -0.2) is 0 Å².